The molecule has 6 heteroatoms. The third kappa shape index (κ3) is 2.80. The summed E-state index contributed by atoms with van der Waals surface area (Å²) in [5.41, 5.74) is 1.89. The average Bonchev–Trinajstić information content (AvgIpc) is 2.77. The summed E-state index contributed by atoms with van der Waals surface area (Å²) in [6.45, 7) is 3.56. The fourth-order valence-corrected chi connectivity index (χ4v) is 3.00. The molecule has 2 aromatic rings. The fourth-order valence-electron chi connectivity index (χ4n) is 2.22. The number of thioether (sulfide) groups is 1. The first-order valence-electron chi connectivity index (χ1n) is 6.48. The molecule has 3 rings (SSSR count). The highest BCUT2D eigenvalue weighted by Crippen LogP contribution is 2.33. The first kappa shape index (κ1) is 13.8. The van der Waals surface area contributed by atoms with Gasteiger partial charge in [0.25, 0.3) is 5.91 Å². The van der Waals surface area contributed by atoms with Crippen LogP contribution in [0.1, 0.15) is 21.9 Å². The summed E-state index contributed by atoms with van der Waals surface area (Å²) < 4.78 is 5.36. The van der Waals surface area contributed by atoms with E-state index in [1.807, 2.05) is 12.1 Å². The molecular weight excluding hydrogens is 288 g/mol. The molecule has 1 aliphatic heterocycles. The van der Waals surface area contributed by atoms with Crippen LogP contribution < -0.4 is 10.6 Å². The lowest BCUT2D eigenvalue weighted by Gasteiger charge is -2.17. The van der Waals surface area contributed by atoms with Crippen LogP contribution in [0.2, 0.25) is 0 Å². The maximum atomic E-state index is 12.2. The predicted octanol–water partition coefficient (Wildman–Crippen LogP) is 3.19. The number of furan rings is 1. The number of fused-ring (bicyclic) bond motifs is 1. The molecule has 5 nitrogen and oxygen atoms in total. The number of carbonyl (C=O) groups excluding carboxylic acids is 2. The van der Waals surface area contributed by atoms with Crippen molar-refractivity contribution >= 4 is 35.0 Å². The van der Waals surface area contributed by atoms with E-state index in [9.17, 15) is 9.59 Å². The summed E-state index contributed by atoms with van der Waals surface area (Å²) in [6, 6.07) is 7.19. The topological polar surface area (TPSA) is 71.3 Å². The Morgan fingerprint density at radius 1 is 1.33 bits per heavy atom. The zero-order chi connectivity index (χ0) is 15.0. The Kier molecular flexibility index (Phi) is 3.47. The number of hydrogen-bond donors (Lipinski definition) is 2. The van der Waals surface area contributed by atoms with E-state index in [-0.39, 0.29) is 11.8 Å². The molecular formula is C15H14N2O3S. The molecule has 1 aromatic carbocycles. The minimum atomic E-state index is -0.223. The van der Waals surface area contributed by atoms with Gasteiger partial charge in [0.15, 0.2) is 0 Å². The Balaban J connectivity index is 1.82. The molecule has 0 radical (unpaired) electrons. The molecule has 0 unspecified atom stereocenters. The van der Waals surface area contributed by atoms with Crippen LogP contribution in [-0.4, -0.2) is 17.6 Å². The molecule has 0 fully saturated rings. The second-order valence-electron chi connectivity index (χ2n) is 4.83. The molecule has 1 aliphatic rings. The van der Waals surface area contributed by atoms with Crippen LogP contribution >= 0.6 is 11.8 Å². The van der Waals surface area contributed by atoms with Gasteiger partial charge in [-0.1, -0.05) is 0 Å². The molecule has 0 spiro atoms. The van der Waals surface area contributed by atoms with Gasteiger partial charge < -0.3 is 15.1 Å². The SMILES string of the molecule is Cc1cc(C(=O)Nc2ccc3c(c2)NC(=O)CS3)c(C)o1. The van der Waals surface area contributed by atoms with E-state index in [2.05, 4.69) is 10.6 Å². The minimum Gasteiger partial charge on any atom is -0.466 e. The van der Waals surface area contributed by atoms with E-state index < -0.39 is 0 Å². The van der Waals surface area contributed by atoms with E-state index in [0.29, 0.717) is 28.5 Å². The van der Waals surface area contributed by atoms with Crippen LogP contribution in [0.3, 0.4) is 0 Å². The van der Waals surface area contributed by atoms with Crippen molar-refractivity contribution in [2.75, 3.05) is 16.4 Å². The van der Waals surface area contributed by atoms with Crippen LogP contribution in [0.5, 0.6) is 0 Å². The Morgan fingerprint density at radius 3 is 2.86 bits per heavy atom. The van der Waals surface area contributed by atoms with Crippen molar-refractivity contribution in [1.82, 2.24) is 0 Å². The van der Waals surface area contributed by atoms with E-state index in [1.54, 1.807) is 26.0 Å². The second kappa shape index (κ2) is 5.29. The van der Waals surface area contributed by atoms with Crippen LogP contribution in [-0.2, 0) is 4.79 Å². The van der Waals surface area contributed by atoms with Crippen molar-refractivity contribution in [1.29, 1.82) is 0 Å². The van der Waals surface area contributed by atoms with Crippen molar-refractivity contribution in [3.63, 3.8) is 0 Å². The molecule has 108 valence electrons. The first-order valence-corrected chi connectivity index (χ1v) is 7.46. The average molecular weight is 302 g/mol. The van der Waals surface area contributed by atoms with Gasteiger partial charge in [0.1, 0.15) is 11.5 Å². The summed E-state index contributed by atoms with van der Waals surface area (Å²) >= 11 is 1.49. The smallest absolute Gasteiger partial charge is 0.259 e. The molecule has 2 N–H and O–H groups in total. The molecule has 0 saturated heterocycles. The summed E-state index contributed by atoms with van der Waals surface area (Å²) in [7, 11) is 0. The molecule has 0 bridgehead atoms. The molecule has 2 amide bonds. The number of nitrogens with one attached hydrogen (secondary N) is 2. The van der Waals surface area contributed by atoms with Crippen LogP contribution in [0, 0.1) is 13.8 Å². The van der Waals surface area contributed by atoms with Crippen LogP contribution in [0.25, 0.3) is 0 Å². The predicted molar refractivity (Wildman–Crippen MR) is 81.9 cm³/mol. The standard InChI is InChI=1S/C15H14N2O3S/c1-8-5-11(9(2)20-8)15(19)16-10-3-4-13-12(6-10)17-14(18)7-21-13/h3-6H,7H2,1-2H3,(H,16,19)(H,17,18). The van der Waals surface area contributed by atoms with Crippen molar-refractivity contribution < 1.29 is 14.0 Å². The van der Waals surface area contributed by atoms with Crippen molar-refractivity contribution in [3.8, 4) is 0 Å². The fraction of sp³-hybridized carbons (Fsp3) is 0.200. The zero-order valence-electron chi connectivity index (χ0n) is 11.6. The van der Waals surface area contributed by atoms with Gasteiger partial charge in [-0.25, -0.2) is 0 Å². The summed E-state index contributed by atoms with van der Waals surface area (Å²) in [5, 5.41) is 5.62. The lowest BCUT2D eigenvalue weighted by molar-refractivity contribution is -0.113. The minimum absolute atomic E-state index is 0.0303. The number of aryl methyl sites for hydroxylation is 2. The summed E-state index contributed by atoms with van der Waals surface area (Å²) in [6.07, 6.45) is 0. The van der Waals surface area contributed by atoms with Gasteiger partial charge in [-0.05, 0) is 38.1 Å². The van der Waals surface area contributed by atoms with Crippen LogP contribution in [0.4, 0.5) is 11.4 Å². The third-order valence-corrected chi connectivity index (χ3v) is 4.23. The number of rotatable bonds is 2. The maximum Gasteiger partial charge on any atom is 0.259 e. The normalized spacial score (nSPS) is 13.5. The Hall–Kier alpha value is -2.21. The molecule has 21 heavy (non-hydrogen) atoms. The largest absolute Gasteiger partial charge is 0.466 e. The van der Waals surface area contributed by atoms with Gasteiger partial charge in [-0.3, -0.25) is 9.59 Å². The Labute approximate surface area is 126 Å². The number of benzene rings is 1. The lowest BCUT2D eigenvalue weighted by Crippen LogP contribution is -2.19. The van der Waals surface area contributed by atoms with Crippen LogP contribution in [0.15, 0.2) is 33.6 Å². The zero-order valence-corrected chi connectivity index (χ0v) is 12.5. The number of amides is 2. The highest BCUT2D eigenvalue weighted by molar-refractivity contribution is 8.00. The third-order valence-electron chi connectivity index (χ3n) is 3.16. The first-order chi connectivity index (χ1) is 10.0. The number of hydrogen-bond acceptors (Lipinski definition) is 4. The van der Waals surface area contributed by atoms with Gasteiger partial charge in [-0.15, -0.1) is 11.8 Å². The highest BCUT2D eigenvalue weighted by Gasteiger charge is 2.17. The van der Waals surface area contributed by atoms with E-state index in [4.69, 9.17) is 4.42 Å². The van der Waals surface area contributed by atoms with E-state index in [0.717, 1.165) is 10.6 Å². The van der Waals surface area contributed by atoms with E-state index in [1.165, 1.54) is 11.8 Å². The number of anilines is 2. The maximum absolute atomic E-state index is 12.2. The molecule has 0 atom stereocenters. The number of carbonyl (C=O) groups is 2. The van der Waals surface area contributed by atoms with E-state index >= 15 is 0 Å². The van der Waals surface area contributed by atoms with Crippen molar-refractivity contribution in [3.05, 3.63) is 41.3 Å². The van der Waals surface area contributed by atoms with Gasteiger partial charge >= 0.3 is 0 Å². The quantitative estimate of drug-likeness (QED) is 0.893. The molecule has 0 aliphatic carbocycles. The summed E-state index contributed by atoms with van der Waals surface area (Å²) in [5.74, 6) is 1.46. The molecule has 0 saturated carbocycles. The lowest BCUT2D eigenvalue weighted by atomic mass is 10.2. The Bertz CT molecular complexity index is 737. The second-order valence-corrected chi connectivity index (χ2v) is 5.85. The van der Waals surface area contributed by atoms with Crippen molar-refractivity contribution in [2.45, 2.75) is 18.7 Å². The molecule has 1 aromatic heterocycles. The van der Waals surface area contributed by atoms with Gasteiger partial charge in [0, 0.05) is 10.6 Å². The monoisotopic (exact) mass is 302 g/mol. The van der Waals surface area contributed by atoms with Gasteiger partial charge in [0.05, 0.1) is 17.0 Å². The summed E-state index contributed by atoms with van der Waals surface area (Å²) in [4.78, 5) is 24.6. The Morgan fingerprint density at radius 2 is 2.14 bits per heavy atom. The van der Waals surface area contributed by atoms with Gasteiger partial charge in [0.2, 0.25) is 5.91 Å². The molecule has 2 heterocycles. The van der Waals surface area contributed by atoms with Gasteiger partial charge in [-0.2, -0.15) is 0 Å². The van der Waals surface area contributed by atoms with Crippen molar-refractivity contribution in [2.24, 2.45) is 0 Å². The highest BCUT2D eigenvalue weighted by atomic mass is 32.2.